The van der Waals surface area contributed by atoms with Crippen molar-refractivity contribution in [1.29, 1.82) is 0 Å². The average molecular weight is 260 g/mol. The van der Waals surface area contributed by atoms with Gasteiger partial charge in [0.15, 0.2) is 0 Å². The topological polar surface area (TPSA) is 64.7 Å². The van der Waals surface area contributed by atoms with Crippen LogP contribution in [0.15, 0.2) is 48.7 Å². The number of nitrogen functional groups attached to an aromatic ring is 1. The Balaban J connectivity index is 1.83. The van der Waals surface area contributed by atoms with Crippen LogP contribution in [0.25, 0.3) is 22.4 Å². The number of anilines is 1. The van der Waals surface area contributed by atoms with E-state index in [0.717, 1.165) is 17.7 Å². The molecule has 0 unspecified atom stereocenters. The summed E-state index contributed by atoms with van der Waals surface area (Å²) in [4.78, 5) is 4.22. The third-order valence-corrected chi connectivity index (χ3v) is 3.66. The normalized spacial score (nSPS) is 12.0. The van der Waals surface area contributed by atoms with Gasteiger partial charge in [-0.3, -0.25) is 0 Å². The predicted molar refractivity (Wildman–Crippen MR) is 77.9 cm³/mol. The van der Waals surface area contributed by atoms with Crippen molar-refractivity contribution >= 4 is 5.95 Å². The highest BCUT2D eigenvalue weighted by molar-refractivity contribution is 5.79. The van der Waals surface area contributed by atoms with Crippen molar-refractivity contribution < 1.29 is 0 Å². The molecule has 0 fully saturated rings. The highest BCUT2D eigenvalue weighted by Crippen LogP contribution is 2.38. The quantitative estimate of drug-likeness (QED) is 0.571. The van der Waals surface area contributed by atoms with Gasteiger partial charge in [-0.05, 0) is 34.7 Å². The molecule has 2 aromatic carbocycles. The summed E-state index contributed by atoms with van der Waals surface area (Å²) in [6.45, 7) is 0. The molecule has 1 aliphatic rings. The van der Waals surface area contributed by atoms with Crippen LogP contribution in [0, 0.1) is 0 Å². The lowest BCUT2D eigenvalue weighted by Crippen LogP contribution is -1.98. The van der Waals surface area contributed by atoms with E-state index in [1.807, 2.05) is 0 Å². The SMILES string of the molecule is Nc1nncc(-c2ccc3c(c2)Cc2ccccc2-3)n1. The van der Waals surface area contributed by atoms with E-state index in [2.05, 4.69) is 57.6 Å². The highest BCUT2D eigenvalue weighted by atomic mass is 15.2. The van der Waals surface area contributed by atoms with Gasteiger partial charge in [0, 0.05) is 5.56 Å². The second-order valence-electron chi connectivity index (χ2n) is 4.91. The Morgan fingerprint density at radius 2 is 1.80 bits per heavy atom. The Morgan fingerprint density at radius 3 is 2.70 bits per heavy atom. The Hall–Kier alpha value is -2.75. The van der Waals surface area contributed by atoms with Gasteiger partial charge in [0.2, 0.25) is 5.95 Å². The van der Waals surface area contributed by atoms with E-state index in [1.165, 1.54) is 22.3 Å². The van der Waals surface area contributed by atoms with Crippen LogP contribution in [0.5, 0.6) is 0 Å². The van der Waals surface area contributed by atoms with Gasteiger partial charge in [-0.2, -0.15) is 5.10 Å². The summed E-state index contributed by atoms with van der Waals surface area (Å²) < 4.78 is 0. The van der Waals surface area contributed by atoms with Gasteiger partial charge in [0.05, 0.1) is 11.9 Å². The van der Waals surface area contributed by atoms with Crippen LogP contribution in [-0.2, 0) is 6.42 Å². The molecule has 1 heterocycles. The molecule has 96 valence electrons. The van der Waals surface area contributed by atoms with Gasteiger partial charge in [-0.15, -0.1) is 5.10 Å². The number of fused-ring (bicyclic) bond motifs is 3. The molecule has 0 radical (unpaired) electrons. The number of nitrogens with zero attached hydrogens (tertiary/aromatic N) is 3. The first-order valence-electron chi connectivity index (χ1n) is 6.48. The van der Waals surface area contributed by atoms with Crippen molar-refractivity contribution in [3.05, 3.63) is 59.8 Å². The molecule has 1 aromatic heterocycles. The molecule has 1 aliphatic carbocycles. The fourth-order valence-corrected chi connectivity index (χ4v) is 2.76. The molecule has 0 saturated heterocycles. The zero-order valence-electron chi connectivity index (χ0n) is 10.7. The minimum absolute atomic E-state index is 0.200. The molecule has 0 saturated carbocycles. The first-order chi connectivity index (χ1) is 9.81. The molecule has 0 aliphatic heterocycles. The standard InChI is InChI=1S/C16H12N4/c17-16-19-15(9-18-20-16)11-5-6-14-12(8-11)7-10-3-1-2-4-13(10)14/h1-6,8-9H,7H2,(H2,17,19,20). The maximum absolute atomic E-state index is 5.59. The molecule has 4 rings (SSSR count). The van der Waals surface area contributed by atoms with E-state index in [0.29, 0.717) is 0 Å². The summed E-state index contributed by atoms with van der Waals surface area (Å²) >= 11 is 0. The maximum Gasteiger partial charge on any atom is 0.240 e. The number of nitrogens with two attached hydrogens (primary N) is 1. The fraction of sp³-hybridized carbons (Fsp3) is 0.0625. The minimum atomic E-state index is 0.200. The number of hydrogen-bond acceptors (Lipinski definition) is 4. The summed E-state index contributed by atoms with van der Waals surface area (Å²) in [5.74, 6) is 0.200. The van der Waals surface area contributed by atoms with Crippen LogP contribution in [0.4, 0.5) is 5.95 Å². The van der Waals surface area contributed by atoms with Crippen molar-refractivity contribution in [2.45, 2.75) is 6.42 Å². The lowest BCUT2D eigenvalue weighted by atomic mass is 10.0. The summed E-state index contributed by atoms with van der Waals surface area (Å²) in [7, 11) is 0. The number of rotatable bonds is 1. The number of aromatic nitrogens is 3. The average Bonchev–Trinajstić information content (AvgIpc) is 2.85. The van der Waals surface area contributed by atoms with Crippen LogP contribution in [0.2, 0.25) is 0 Å². The van der Waals surface area contributed by atoms with Gasteiger partial charge in [-0.25, -0.2) is 4.98 Å². The lowest BCUT2D eigenvalue weighted by molar-refractivity contribution is 0.990. The molecular weight excluding hydrogens is 248 g/mol. The van der Waals surface area contributed by atoms with E-state index in [1.54, 1.807) is 6.20 Å². The molecule has 0 atom stereocenters. The maximum atomic E-state index is 5.59. The third kappa shape index (κ3) is 1.66. The Kier molecular flexibility index (Phi) is 2.29. The van der Waals surface area contributed by atoms with Crippen molar-refractivity contribution in [1.82, 2.24) is 15.2 Å². The van der Waals surface area contributed by atoms with Crippen molar-refractivity contribution in [3.8, 4) is 22.4 Å². The van der Waals surface area contributed by atoms with Crippen molar-refractivity contribution in [2.24, 2.45) is 0 Å². The van der Waals surface area contributed by atoms with Crippen LogP contribution in [0.3, 0.4) is 0 Å². The minimum Gasteiger partial charge on any atom is -0.366 e. The lowest BCUT2D eigenvalue weighted by Gasteiger charge is -2.04. The van der Waals surface area contributed by atoms with Gasteiger partial charge < -0.3 is 5.73 Å². The van der Waals surface area contributed by atoms with E-state index >= 15 is 0 Å². The zero-order valence-corrected chi connectivity index (χ0v) is 10.7. The van der Waals surface area contributed by atoms with Gasteiger partial charge in [0.25, 0.3) is 0 Å². The summed E-state index contributed by atoms with van der Waals surface area (Å²) in [6, 6.07) is 14.9. The zero-order chi connectivity index (χ0) is 13.5. The van der Waals surface area contributed by atoms with E-state index < -0.39 is 0 Å². The smallest absolute Gasteiger partial charge is 0.240 e. The van der Waals surface area contributed by atoms with Crippen LogP contribution >= 0.6 is 0 Å². The molecule has 0 bridgehead atoms. The summed E-state index contributed by atoms with van der Waals surface area (Å²) in [5, 5.41) is 7.54. The van der Waals surface area contributed by atoms with E-state index in [-0.39, 0.29) is 5.95 Å². The molecule has 2 N–H and O–H groups in total. The molecule has 20 heavy (non-hydrogen) atoms. The molecule has 4 heteroatoms. The second kappa shape index (κ2) is 4.13. The van der Waals surface area contributed by atoms with Crippen molar-refractivity contribution in [2.75, 3.05) is 5.73 Å². The molecule has 3 aromatic rings. The predicted octanol–water partition coefficient (Wildman–Crippen LogP) is 2.69. The van der Waals surface area contributed by atoms with Crippen LogP contribution < -0.4 is 5.73 Å². The Bertz CT molecular complexity index is 811. The number of hydrogen-bond donors (Lipinski definition) is 1. The first-order valence-corrected chi connectivity index (χ1v) is 6.48. The molecule has 4 nitrogen and oxygen atoms in total. The third-order valence-electron chi connectivity index (χ3n) is 3.66. The van der Waals surface area contributed by atoms with E-state index in [4.69, 9.17) is 5.73 Å². The van der Waals surface area contributed by atoms with Gasteiger partial charge in [0.1, 0.15) is 0 Å². The summed E-state index contributed by atoms with van der Waals surface area (Å²) in [5.41, 5.74) is 12.7. The fourth-order valence-electron chi connectivity index (χ4n) is 2.76. The van der Waals surface area contributed by atoms with Gasteiger partial charge >= 0.3 is 0 Å². The number of benzene rings is 2. The van der Waals surface area contributed by atoms with Crippen LogP contribution in [0.1, 0.15) is 11.1 Å². The van der Waals surface area contributed by atoms with E-state index in [9.17, 15) is 0 Å². The first kappa shape index (κ1) is 11.1. The monoisotopic (exact) mass is 260 g/mol. The Morgan fingerprint density at radius 1 is 0.950 bits per heavy atom. The molecule has 0 spiro atoms. The second-order valence-corrected chi connectivity index (χ2v) is 4.91. The van der Waals surface area contributed by atoms with Gasteiger partial charge in [-0.1, -0.05) is 36.4 Å². The summed E-state index contributed by atoms with van der Waals surface area (Å²) in [6.07, 6.45) is 2.60. The Labute approximate surface area is 116 Å². The molecule has 0 amide bonds. The highest BCUT2D eigenvalue weighted by Gasteiger charge is 2.18. The van der Waals surface area contributed by atoms with Crippen molar-refractivity contribution in [3.63, 3.8) is 0 Å². The van der Waals surface area contributed by atoms with Crippen LogP contribution in [-0.4, -0.2) is 15.2 Å². The molecular formula is C16H12N4. The largest absolute Gasteiger partial charge is 0.366 e.